The van der Waals surface area contributed by atoms with Gasteiger partial charge in [0.15, 0.2) is 0 Å². The van der Waals surface area contributed by atoms with Crippen LogP contribution in [-0.4, -0.2) is 49.4 Å². The minimum Gasteiger partial charge on any atom is -0.383 e. The molecule has 1 aliphatic rings. The third-order valence-corrected chi connectivity index (χ3v) is 5.23. The molecule has 24 heavy (non-hydrogen) atoms. The maximum atomic E-state index is 5.43. The Morgan fingerprint density at radius 2 is 2.33 bits per heavy atom. The van der Waals surface area contributed by atoms with Gasteiger partial charge in [0.05, 0.1) is 31.1 Å². The molecule has 8 heteroatoms. The smallest absolute Gasteiger partial charge is 0.120 e. The Hall–Kier alpha value is -2.03. The predicted octanol–water partition coefficient (Wildman–Crippen LogP) is 1.77. The van der Waals surface area contributed by atoms with Crippen LogP contribution in [0.15, 0.2) is 29.9 Å². The lowest BCUT2D eigenvalue weighted by Crippen LogP contribution is -2.45. The van der Waals surface area contributed by atoms with Crippen LogP contribution in [0.3, 0.4) is 0 Å². The number of aromatic nitrogens is 5. The molecule has 0 aromatic carbocycles. The van der Waals surface area contributed by atoms with Gasteiger partial charge < -0.3 is 4.74 Å². The second-order valence-electron chi connectivity index (χ2n) is 6.06. The van der Waals surface area contributed by atoms with Gasteiger partial charge >= 0.3 is 0 Å². The Morgan fingerprint density at radius 1 is 1.42 bits per heavy atom. The molecule has 0 aliphatic carbocycles. The van der Waals surface area contributed by atoms with Gasteiger partial charge in [-0.3, -0.25) is 9.58 Å². The zero-order valence-electron chi connectivity index (χ0n) is 13.8. The van der Waals surface area contributed by atoms with Crippen molar-refractivity contribution < 1.29 is 4.74 Å². The standard InChI is InChI=1S/C16H20N6OS/c1-20-7-12(6-17-20)16-15-10-21(9-14-4-3-5-24-14)13(11-23-2)8-22(15)19-18-16/h3-7,13H,8-11H2,1-2H3/t13-/m0/s1. The van der Waals surface area contributed by atoms with Crippen molar-refractivity contribution in [2.45, 2.75) is 25.7 Å². The van der Waals surface area contributed by atoms with Crippen molar-refractivity contribution in [3.05, 3.63) is 40.5 Å². The average Bonchev–Trinajstić information content (AvgIpc) is 3.29. The summed E-state index contributed by atoms with van der Waals surface area (Å²) in [5.41, 5.74) is 3.09. The third-order valence-electron chi connectivity index (χ3n) is 4.37. The fourth-order valence-corrected chi connectivity index (χ4v) is 3.91. The summed E-state index contributed by atoms with van der Waals surface area (Å²) in [6, 6.07) is 4.58. The second-order valence-corrected chi connectivity index (χ2v) is 7.10. The van der Waals surface area contributed by atoms with Gasteiger partial charge in [-0.2, -0.15) is 5.10 Å². The predicted molar refractivity (Wildman–Crippen MR) is 91.5 cm³/mol. The van der Waals surface area contributed by atoms with E-state index in [9.17, 15) is 0 Å². The molecule has 0 bridgehead atoms. The van der Waals surface area contributed by atoms with Crippen LogP contribution in [0.1, 0.15) is 10.6 Å². The molecule has 0 fully saturated rings. The monoisotopic (exact) mass is 344 g/mol. The van der Waals surface area contributed by atoms with Crippen LogP contribution in [0.5, 0.6) is 0 Å². The van der Waals surface area contributed by atoms with E-state index >= 15 is 0 Å². The molecule has 0 saturated carbocycles. The van der Waals surface area contributed by atoms with Gasteiger partial charge in [-0.1, -0.05) is 11.3 Å². The number of aryl methyl sites for hydroxylation is 1. The molecular weight excluding hydrogens is 324 g/mol. The molecule has 0 radical (unpaired) electrons. The summed E-state index contributed by atoms with van der Waals surface area (Å²) < 4.78 is 9.23. The molecule has 126 valence electrons. The summed E-state index contributed by atoms with van der Waals surface area (Å²) in [6.45, 7) is 3.21. The van der Waals surface area contributed by atoms with Crippen molar-refractivity contribution in [2.24, 2.45) is 7.05 Å². The Labute approximate surface area is 144 Å². The molecule has 0 amide bonds. The first-order chi connectivity index (χ1) is 11.7. The largest absolute Gasteiger partial charge is 0.383 e. The summed E-state index contributed by atoms with van der Waals surface area (Å²) in [7, 11) is 3.67. The highest BCUT2D eigenvalue weighted by molar-refractivity contribution is 7.09. The number of fused-ring (bicyclic) bond motifs is 1. The van der Waals surface area contributed by atoms with Crippen LogP contribution in [0.25, 0.3) is 11.3 Å². The Morgan fingerprint density at radius 3 is 3.04 bits per heavy atom. The maximum absolute atomic E-state index is 5.43. The van der Waals surface area contributed by atoms with Crippen LogP contribution < -0.4 is 0 Å². The van der Waals surface area contributed by atoms with Gasteiger partial charge in [0, 0.05) is 43.9 Å². The number of thiophene rings is 1. The Bertz CT molecular complexity index is 809. The van der Waals surface area contributed by atoms with Gasteiger partial charge in [0.25, 0.3) is 0 Å². The van der Waals surface area contributed by atoms with Crippen LogP contribution in [0, 0.1) is 0 Å². The van der Waals surface area contributed by atoms with E-state index in [2.05, 4.69) is 37.8 Å². The molecule has 7 nitrogen and oxygen atoms in total. The van der Waals surface area contributed by atoms with Gasteiger partial charge in [-0.15, -0.1) is 16.4 Å². The summed E-state index contributed by atoms with van der Waals surface area (Å²) in [4.78, 5) is 3.81. The molecule has 1 aliphatic heterocycles. The number of ether oxygens (including phenoxy) is 1. The number of nitrogens with zero attached hydrogens (tertiary/aromatic N) is 6. The topological polar surface area (TPSA) is 61.0 Å². The fraction of sp³-hybridized carbons (Fsp3) is 0.438. The van der Waals surface area contributed by atoms with Gasteiger partial charge in [-0.05, 0) is 11.4 Å². The van der Waals surface area contributed by atoms with Crippen molar-refractivity contribution in [3.63, 3.8) is 0 Å². The summed E-state index contributed by atoms with van der Waals surface area (Å²) in [5, 5.41) is 15.1. The van der Waals surface area contributed by atoms with E-state index in [-0.39, 0.29) is 0 Å². The first-order valence-corrected chi connectivity index (χ1v) is 8.79. The fourth-order valence-electron chi connectivity index (χ4n) is 3.18. The number of hydrogen-bond donors (Lipinski definition) is 0. The highest BCUT2D eigenvalue weighted by Crippen LogP contribution is 2.28. The summed E-state index contributed by atoms with van der Waals surface area (Å²) >= 11 is 1.79. The SMILES string of the molecule is COC[C@@H]1Cn2nnc(-c3cnn(C)c3)c2CN1Cc1cccs1. The first-order valence-electron chi connectivity index (χ1n) is 7.91. The normalized spacial score (nSPS) is 18.0. The minimum atomic E-state index is 0.299. The summed E-state index contributed by atoms with van der Waals surface area (Å²) in [6.07, 6.45) is 3.82. The van der Waals surface area contributed by atoms with Crippen LogP contribution in [0.4, 0.5) is 0 Å². The Kier molecular flexibility index (Phi) is 4.17. The molecule has 0 saturated heterocycles. The van der Waals surface area contributed by atoms with E-state index in [1.165, 1.54) is 4.88 Å². The lowest BCUT2D eigenvalue weighted by molar-refractivity contribution is 0.0510. The molecule has 1 atom stereocenters. The molecular formula is C16H20N6OS. The van der Waals surface area contributed by atoms with E-state index in [0.717, 1.165) is 36.6 Å². The van der Waals surface area contributed by atoms with E-state index in [1.807, 2.05) is 24.1 Å². The first kappa shape index (κ1) is 15.5. The van der Waals surface area contributed by atoms with Crippen molar-refractivity contribution >= 4 is 11.3 Å². The molecule has 4 rings (SSSR count). The van der Waals surface area contributed by atoms with Gasteiger partial charge in [0.1, 0.15) is 5.69 Å². The lowest BCUT2D eigenvalue weighted by atomic mass is 10.1. The third kappa shape index (κ3) is 2.88. The highest BCUT2D eigenvalue weighted by atomic mass is 32.1. The Balaban J connectivity index is 1.64. The van der Waals surface area contributed by atoms with E-state index in [1.54, 1.807) is 23.1 Å². The zero-order chi connectivity index (χ0) is 16.5. The molecule has 0 spiro atoms. The number of rotatable bonds is 5. The number of methoxy groups -OCH3 is 1. The van der Waals surface area contributed by atoms with Crippen LogP contribution in [-0.2, 0) is 31.4 Å². The molecule has 4 heterocycles. The van der Waals surface area contributed by atoms with Gasteiger partial charge in [-0.25, -0.2) is 4.68 Å². The average molecular weight is 344 g/mol. The number of hydrogen-bond acceptors (Lipinski definition) is 6. The van der Waals surface area contributed by atoms with Crippen molar-refractivity contribution in [3.8, 4) is 11.3 Å². The zero-order valence-corrected chi connectivity index (χ0v) is 14.6. The molecule has 0 unspecified atom stereocenters. The van der Waals surface area contributed by atoms with Crippen LogP contribution >= 0.6 is 11.3 Å². The minimum absolute atomic E-state index is 0.299. The van der Waals surface area contributed by atoms with Gasteiger partial charge in [0.2, 0.25) is 0 Å². The van der Waals surface area contributed by atoms with E-state index < -0.39 is 0 Å². The van der Waals surface area contributed by atoms with Crippen molar-refractivity contribution in [2.75, 3.05) is 13.7 Å². The van der Waals surface area contributed by atoms with Crippen LogP contribution in [0.2, 0.25) is 0 Å². The second kappa shape index (κ2) is 6.46. The molecule has 0 N–H and O–H groups in total. The maximum Gasteiger partial charge on any atom is 0.120 e. The summed E-state index contributed by atoms with van der Waals surface area (Å²) in [5.74, 6) is 0. The van der Waals surface area contributed by atoms with E-state index in [4.69, 9.17) is 4.74 Å². The quantitative estimate of drug-likeness (QED) is 0.706. The molecule has 3 aromatic heterocycles. The van der Waals surface area contributed by atoms with Crippen molar-refractivity contribution in [1.82, 2.24) is 29.7 Å². The lowest BCUT2D eigenvalue weighted by Gasteiger charge is -2.35. The van der Waals surface area contributed by atoms with E-state index in [0.29, 0.717) is 12.6 Å². The van der Waals surface area contributed by atoms with Crippen molar-refractivity contribution in [1.29, 1.82) is 0 Å². The molecule has 3 aromatic rings. The highest BCUT2D eigenvalue weighted by Gasteiger charge is 2.30.